The number of methoxy groups -OCH3 is 1. The fourth-order valence-corrected chi connectivity index (χ4v) is 1.77. The molecular formula is C13H18O3. The van der Waals surface area contributed by atoms with E-state index in [1.165, 1.54) is 0 Å². The van der Waals surface area contributed by atoms with Crippen LogP contribution in [-0.2, 0) is 6.42 Å². The standard InChI is InChI=1S/C13H18O3/c1-3-4-5-7-10-11(13(14)15)8-6-9-12(10)16-2/h6,8-9H,3-5,7H2,1-2H3,(H,14,15). The lowest BCUT2D eigenvalue weighted by Gasteiger charge is -2.11. The lowest BCUT2D eigenvalue weighted by molar-refractivity contribution is 0.0695. The van der Waals surface area contributed by atoms with Gasteiger partial charge in [-0.3, -0.25) is 0 Å². The molecule has 0 unspecified atom stereocenters. The van der Waals surface area contributed by atoms with Crippen molar-refractivity contribution in [2.24, 2.45) is 0 Å². The Bertz CT molecular complexity index is 358. The van der Waals surface area contributed by atoms with E-state index in [0.29, 0.717) is 11.3 Å². The lowest BCUT2D eigenvalue weighted by atomic mass is 10.0. The minimum atomic E-state index is -0.884. The Labute approximate surface area is 96.1 Å². The molecule has 0 amide bonds. The number of carbonyl (C=O) groups is 1. The minimum Gasteiger partial charge on any atom is -0.496 e. The van der Waals surface area contributed by atoms with Crippen molar-refractivity contribution in [3.8, 4) is 5.75 Å². The van der Waals surface area contributed by atoms with Crippen LogP contribution in [0.25, 0.3) is 0 Å². The highest BCUT2D eigenvalue weighted by Crippen LogP contribution is 2.24. The summed E-state index contributed by atoms with van der Waals surface area (Å²) in [6.07, 6.45) is 3.99. The van der Waals surface area contributed by atoms with Gasteiger partial charge in [0, 0.05) is 5.56 Å². The number of unbranched alkanes of at least 4 members (excludes halogenated alkanes) is 2. The van der Waals surface area contributed by atoms with Gasteiger partial charge in [0.05, 0.1) is 12.7 Å². The first-order valence-corrected chi connectivity index (χ1v) is 5.59. The third-order valence-electron chi connectivity index (χ3n) is 2.61. The quantitative estimate of drug-likeness (QED) is 0.752. The zero-order valence-electron chi connectivity index (χ0n) is 9.82. The van der Waals surface area contributed by atoms with Gasteiger partial charge in [0.15, 0.2) is 0 Å². The predicted molar refractivity (Wildman–Crippen MR) is 63.2 cm³/mol. The number of hydrogen-bond acceptors (Lipinski definition) is 2. The van der Waals surface area contributed by atoms with Crippen LogP contribution >= 0.6 is 0 Å². The number of carboxylic acids is 1. The van der Waals surface area contributed by atoms with Crippen LogP contribution in [-0.4, -0.2) is 18.2 Å². The van der Waals surface area contributed by atoms with E-state index in [9.17, 15) is 4.79 Å². The predicted octanol–water partition coefficient (Wildman–Crippen LogP) is 3.13. The molecule has 1 aromatic rings. The van der Waals surface area contributed by atoms with Crippen molar-refractivity contribution in [2.75, 3.05) is 7.11 Å². The van der Waals surface area contributed by atoms with Crippen molar-refractivity contribution in [1.29, 1.82) is 0 Å². The molecule has 0 aliphatic rings. The molecule has 0 aromatic heterocycles. The topological polar surface area (TPSA) is 46.5 Å². The van der Waals surface area contributed by atoms with Crippen LogP contribution in [0.4, 0.5) is 0 Å². The van der Waals surface area contributed by atoms with Crippen molar-refractivity contribution >= 4 is 5.97 Å². The van der Waals surface area contributed by atoms with Crippen molar-refractivity contribution < 1.29 is 14.6 Å². The second kappa shape index (κ2) is 6.16. The average molecular weight is 222 g/mol. The summed E-state index contributed by atoms with van der Waals surface area (Å²) >= 11 is 0. The average Bonchev–Trinajstić information content (AvgIpc) is 2.29. The smallest absolute Gasteiger partial charge is 0.336 e. The monoisotopic (exact) mass is 222 g/mol. The Hall–Kier alpha value is -1.51. The second-order valence-electron chi connectivity index (χ2n) is 3.75. The Kier molecular flexibility index (Phi) is 4.83. The molecule has 0 saturated carbocycles. The Morgan fingerprint density at radius 2 is 2.12 bits per heavy atom. The molecule has 0 atom stereocenters. The van der Waals surface area contributed by atoms with Gasteiger partial charge in [0.2, 0.25) is 0 Å². The molecule has 0 aliphatic heterocycles. The van der Waals surface area contributed by atoms with Crippen LogP contribution in [0.1, 0.15) is 42.1 Å². The molecule has 3 heteroatoms. The molecule has 88 valence electrons. The summed E-state index contributed by atoms with van der Waals surface area (Å²) in [5, 5.41) is 9.09. The van der Waals surface area contributed by atoms with Gasteiger partial charge in [-0.05, 0) is 25.0 Å². The number of aromatic carboxylic acids is 1. The minimum absolute atomic E-state index is 0.357. The highest BCUT2D eigenvalue weighted by atomic mass is 16.5. The molecule has 16 heavy (non-hydrogen) atoms. The van der Waals surface area contributed by atoms with Crippen LogP contribution in [0, 0.1) is 0 Å². The molecule has 0 spiro atoms. The normalized spacial score (nSPS) is 10.1. The number of ether oxygens (including phenoxy) is 1. The van der Waals surface area contributed by atoms with Crippen LogP contribution < -0.4 is 4.74 Å². The summed E-state index contributed by atoms with van der Waals surface area (Å²) < 4.78 is 5.20. The Balaban J connectivity index is 2.95. The van der Waals surface area contributed by atoms with Gasteiger partial charge in [-0.15, -0.1) is 0 Å². The van der Waals surface area contributed by atoms with Gasteiger partial charge in [-0.1, -0.05) is 25.8 Å². The molecule has 3 nitrogen and oxygen atoms in total. The molecule has 0 saturated heterocycles. The van der Waals surface area contributed by atoms with E-state index in [2.05, 4.69) is 6.92 Å². The molecule has 0 fully saturated rings. The molecule has 0 aliphatic carbocycles. The first-order chi connectivity index (χ1) is 7.70. The molecule has 1 aromatic carbocycles. The lowest BCUT2D eigenvalue weighted by Crippen LogP contribution is -2.04. The van der Waals surface area contributed by atoms with Crippen LogP contribution in [0.3, 0.4) is 0 Å². The zero-order valence-corrected chi connectivity index (χ0v) is 9.82. The highest BCUT2D eigenvalue weighted by Gasteiger charge is 2.13. The van der Waals surface area contributed by atoms with Crippen LogP contribution in [0.2, 0.25) is 0 Å². The van der Waals surface area contributed by atoms with Crippen LogP contribution in [0.15, 0.2) is 18.2 Å². The number of carboxylic acid groups (broad SMARTS) is 1. The number of hydrogen-bond donors (Lipinski definition) is 1. The summed E-state index contributed by atoms with van der Waals surface area (Å²) in [5.74, 6) is -0.207. The van der Waals surface area contributed by atoms with Crippen molar-refractivity contribution in [1.82, 2.24) is 0 Å². The zero-order chi connectivity index (χ0) is 12.0. The maximum atomic E-state index is 11.1. The van der Waals surface area contributed by atoms with Crippen LogP contribution in [0.5, 0.6) is 5.75 Å². The molecule has 0 bridgehead atoms. The molecule has 0 heterocycles. The third kappa shape index (κ3) is 2.99. The maximum absolute atomic E-state index is 11.1. The van der Waals surface area contributed by atoms with Crippen molar-refractivity contribution in [2.45, 2.75) is 32.6 Å². The van der Waals surface area contributed by atoms with E-state index < -0.39 is 5.97 Å². The van der Waals surface area contributed by atoms with E-state index in [1.54, 1.807) is 19.2 Å². The first kappa shape index (κ1) is 12.6. The molecule has 1 N–H and O–H groups in total. The summed E-state index contributed by atoms with van der Waals surface area (Å²) in [4.78, 5) is 11.1. The summed E-state index contributed by atoms with van der Waals surface area (Å²) in [5.41, 5.74) is 1.17. The second-order valence-corrected chi connectivity index (χ2v) is 3.75. The van der Waals surface area contributed by atoms with E-state index in [-0.39, 0.29) is 0 Å². The van der Waals surface area contributed by atoms with Gasteiger partial charge >= 0.3 is 5.97 Å². The number of benzene rings is 1. The Morgan fingerprint density at radius 1 is 1.38 bits per heavy atom. The van der Waals surface area contributed by atoms with Gasteiger partial charge in [-0.2, -0.15) is 0 Å². The van der Waals surface area contributed by atoms with E-state index in [1.807, 2.05) is 6.07 Å². The van der Waals surface area contributed by atoms with Gasteiger partial charge in [-0.25, -0.2) is 4.79 Å². The van der Waals surface area contributed by atoms with Crippen molar-refractivity contribution in [3.05, 3.63) is 29.3 Å². The van der Waals surface area contributed by atoms with Gasteiger partial charge in [0.25, 0.3) is 0 Å². The summed E-state index contributed by atoms with van der Waals surface area (Å²) in [6.45, 7) is 2.13. The summed E-state index contributed by atoms with van der Waals surface area (Å²) in [7, 11) is 1.57. The molecule has 1 rings (SSSR count). The number of rotatable bonds is 6. The molecule has 0 radical (unpaired) electrons. The van der Waals surface area contributed by atoms with E-state index in [0.717, 1.165) is 31.2 Å². The first-order valence-electron chi connectivity index (χ1n) is 5.59. The van der Waals surface area contributed by atoms with Crippen molar-refractivity contribution in [3.63, 3.8) is 0 Å². The fraction of sp³-hybridized carbons (Fsp3) is 0.462. The SMILES string of the molecule is CCCCCc1c(OC)cccc1C(=O)O. The van der Waals surface area contributed by atoms with Gasteiger partial charge < -0.3 is 9.84 Å². The van der Waals surface area contributed by atoms with Gasteiger partial charge in [0.1, 0.15) is 5.75 Å². The Morgan fingerprint density at radius 3 is 2.69 bits per heavy atom. The van der Waals surface area contributed by atoms with E-state index in [4.69, 9.17) is 9.84 Å². The third-order valence-corrected chi connectivity index (χ3v) is 2.61. The van der Waals surface area contributed by atoms with E-state index >= 15 is 0 Å². The fourth-order valence-electron chi connectivity index (χ4n) is 1.77. The maximum Gasteiger partial charge on any atom is 0.336 e. The largest absolute Gasteiger partial charge is 0.496 e. The summed E-state index contributed by atoms with van der Waals surface area (Å²) in [6, 6.07) is 5.16. The molecular weight excluding hydrogens is 204 g/mol. The highest BCUT2D eigenvalue weighted by molar-refractivity contribution is 5.90.